The molecule has 1 N–H and O–H groups in total. The predicted molar refractivity (Wildman–Crippen MR) is 80.2 cm³/mol. The van der Waals surface area contributed by atoms with Gasteiger partial charge in [0.2, 0.25) is 10.0 Å². The Morgan fingerprint density at radius 2 is 1.90 bits per heavy atom. The van der Waals surface area contributed by atoms with Gasteiger partial charge in [0, 0.05) is 31.8 Å². The highest BCUT2D eigenvalue weighted by Crippen LogP contribution is 2.28. The fourth-order valence-electron chi connectivity index (χ4n) is 3.21. The van der Waals surface area contributed by atoms with E-state index in [2.05, 4.69) is 19.2 Å². The summed E-state index contributed by atoms with van der Waals surface area (Å²) in [5, 5.41) is 3.72. The molecule has 0 saturated carbocycles. The molecule has 0 aromatic carbocycles. The molecule has 2 unspecified atom stereocenters. The third-order valence-electron chi connectivity index (χ3n) is 4.74. The smallest absolute Gasteiger partial charge is 0.211 e. The van der Waals surface area contributed by atoms with E-state index >= 15 is 0 Å². The highest BCUT2D eigenvalue weighted by atomic mass is 32.2. The molecular weight excluding hydrogens is 276 g/mol. The molecule has 0 amide bonds. The lowest BCUT2D eigenvalue weighted by Crippen LogP contribution is -2.51. The van der Waals surface area contributed by atoms with Gasteiger partial charge in [0.25, 0.3) is 0 Å². The number of rotatable bonds is 4. The summed E-state index contributed by atoms with van der Waals surface area (Å²) in [7, 11) is -3.02. The SMILES string of the molecule is CCC1(C)CC(NC2CCN(S(C)(=O)=O)CC2)CCO1. The summed E-state index contributed by atoms with van der Waals surface area (Å²) in [4.78, 5) is 0. The van der Waals surface area contributed by atoms with Crippen molar-refractivity contribution in [1.29, 1.82) is 0 Å². The van der Waals surface area contributed by atoms with Crippen molar-refractivity contribution in [3.63, 3.8) is 0 Å². The Bertz CT molecular complexity index is 418. The molecule has 6 heteroatoms. The second kappa shape index (κ2) is 6.30. The summed E-state index contributed by atoms with van der Waals surface area (Å²) < 4.78 is 30.4. The molecule has 0 aromatic rings. The van der Waals surface area contributed by atoms with Crippen LogP contribution in [0.4, 0.5) is 0 Å². The Morgan fingerprint density at radius 3 is 2.45 bits per heavy atom. The van der Waals surface area contributed by atoms with Crippen molar-refractivity contribution in [1.82, 2.24) is 9.62 Å². The maximum Gasteiger partial charge on any atom is 0.211 e. The summed E-state index contributed by atoms with van der Waals surface area (Å²) >= 11 is 0. The first-order valence-electron chi connectivity index (χ1n) is 7.67. The second-order valence-electron chi connectivity index (χ2n) is 6.44. The van der Waals surface area contributed by atoms with Crippen LogP contribution in [0.25, 0.3) is 0 Å². The summed E-state index contributed by atoms with van der Waals surface area (Å²) in [6, 6.07) is 0.945. The molecule has 0 aliphatic carbocycles. The minimum absolute atomic E-state index is 0.00335. The van der Waals surface area contributed by atoms with Crippen molar-refractivity contribution in [2.24, 2.45) is 0 Å². The van der Waals surface area contributed by atoms with Crippen molar-refractivity contribution in [3.8, 4) is 0 Å². The maximum absolute atomic E-state index is 11.5. The van der Waals surface area contributed by atoms with Crippen LogP contribution in [0.1, 0.15) is 46.0 Å². The first kappa shape index (κ1) is 16.2. The molecule has 0 spiro atoms. The van der Waals surface area contributed by atoms with E-state index < -0.39 is 10.0 Å². The van der Waals surface area contributed by atoms with E-state index in [0.717, 1.165) is 38.7 Å². The second-order valence-corrected chi connectivity index (χ2v) is 8.43. The Morgan fingerprint density at radius 1 is 1.25 bits per heavy atom. The molecule has 0 radical (unpaired) electrons. The topological polar surface area (TPSA) is 58.6 Å². The van der Waals surface area contributed by atoms with Crippen molar-refractivity contribution >= 4 is 10.0 Å². The summed E-state index contributed by atoms with van der Waals surface area (Å²) in [6.45, 7) is 6.47. The molecule has 118 valence electrons. The number of hydrogen-bond acceptors (Lipinski definition) is 4. The summed E-state index contributed by atoms with van der Waals surface area (Å²) in [6.07, 6.45) is 6.27. The number of nitrogens with zero attached hydrogens (tertiary/aromatic N) is 1. The van der Waals surface area contributed by atoms with Crippen LogP contribution in [-0.2, 0) is 14.8 Å². The lowest BCUT2D eigenvalue weighted by molar-refractivity contribution is -0.0795. The lowest BCUT2D eigenvalue weighted by atomic mass is 9.89. The molecule has 0 bridgehead atoms. The predicted octanol–water partition coefficient (Wildman–Crippen LogP) is 1.35. The quantitative estimate of drug-likeness (QED) is 0.852. The van der Waals surface area contributed by atoms with Crippen molar-refractivity contribution in [2.45, 2.75) is 63.6 Å². The van der Waals surface area contributed by atoms with Crippen LogP contribution in [0.15, 0.2) is 0 Å². The van der Waals surface area contributed by atoms with E-state index in [1.165, 1.54) is 6.26 Å². The molecule has 20 heavy (non-hydrogen) atoms. The molecule has 2 rings (SSSR count). The standard InChI is InChI=1S/C14H28N2O3S/c1-4-14(2)11-13(7-10-19-14)15-12-5-8-16(9-6-12)20(3,17)18/h12-13,15H,4-11H2,1-3H3. The van der Waals surface area contributed by atoms with Crippen molar-refractivity contribution in [3.05, 3.63) is 0 Å². The third-order valence-corrected chi connectivity index (χ3v) is 6.04. The average molecular weight is 304 g/mol. The minimum Gasteiger partial charge on any atom is -0.375 e. The number of hydrogen-bond donors (Lipinski definition) is 1. The molecule has 2 fully saturated rings. The van der Waals surface area contributed by atoms with Gasteiger partial charge in [0.1, 0.15) is 0 Å². The van der Waals surface area contributed by atoms with E-state index in [-0.39, 0.29) is 5.60 Å². The van der Waals surface area contributed by atoms with Gasteiger partial charge in [-0.2, -0.15) is 0 Å². The highest BCUT2D eigenvalue weighted by molar-refractivity contribution is 7.88. The molecule has 2 heterocycles. The monoisotopic (exact) mass is 304 g/mol. The van der Waals surface area contributed by atoms with Gasteiger partial charge in [-0.15, -0.1) is 0 Å². The zero-order valence-corrected chi connectivity index (χ0v) is 13.7. The van der Waals surface area contributed by atoms with Crippen LogP contribution >= 0.6 is 0 Å². The van der Waals surface area contributed by atoms with E-state index in [4.69, 9.17) is 4.74 Å². The summed E-state index contributed by atoms with van der Waals surface area (Å²) in [5.74, 6) is 0. The normalized spacial score (nSPS) is 34.2. The van der Waals surface area contributed by atoms with Gasteiger partial charge in [-0.05, 0) is 39.0 Å². The molecular formula is C14H28N2O3S. The molecule has 0 aromatic heterocycles. The Balaban J connectivity index is 1.81. The number of sulfonamides is 1. The molecule has 2 aliphatic rings. The van der Waals surface area contributed by atoms with E-state index in [1.807, 2.05) is 0 Å². The van der Waals surface area contributed by atoms with Gasteiger partial charge in [-0.3, -0.25) is 0 Å². The fourth-order valence-corrected chi connectivity index (χ4v) is 4.08. The number of ether oxygens (including phenoxy) is 1. The highest BCUT2D eigenvalue weighted by Gasteiger charge is 2.33. The van der Waals surface area contributed by atoms with Gasteiger partial charge in [0.05, 0.1) is 11.9 Å². The van der Waals surface area contributed by atoms with Crippen LogP contribution in [0.5, 0.6) is 0 Å². The van der Waals surface area contributed by atoms with E-state index in [0.29, 0.717) is 25.2 Å². The molecule has 2 saturated heterocycles. The third kappa shape index (κ3) is 4.16. The van der Waals surface area contributed by atoms with Crippen molar-refractivity contribution in [2.75, 3.05) is 26.0 Å². The first-order chi connectivity index (χ1) is 9.32. The van der Waals surface area contributed by atoms with Gasteiger partial charge >= 0.3 is 0 Å². The minimum atomic E-state index is -3.02. The zero-order chi connectivity index (χ0) is 14.8. The Kier molecular flexibility index (Phi) is 5.10. The fraction of sp³-hybridized carbons (Fsp3) is 1.00. The van der Waals surface area contributed by atoms with Crippen LogP contribution in [0.2, 0.25) is 0 Å². The molecule has 2 aliphatic heterocycles. The molecule has 2 atom stereocenters. The van der Waals surface area contributed by atoms with Crippen LogP contribution in [0.3, 0.4) is 0 Å². The van der Waals surface area contributed by atoms with Gasteiger partial charge in [-0.1, -0.05) is 6.92 Å². The van der Waals surface area contributed by atoms with Gasteiger partial charge in [0.15, 0.2) is 0 Å². The van der Waals surface area contributed by atoms with Gasteiger partial charge in [-0.25, -0.2) is 12.7 Å². The van der Waals surface area contributed by atoms with Crippen molar-refractivity contribution < 1.29 is 13.2 Å². The van der Waals surface area contributed by atoms with Crippen LogP contribution < -0.4 is 5.32 Å². The Labute approximate surface area is 123 Å². The van der Waals surface area contributed by atoms with Crippen LogP contribution in [0, 0.1) is 0 Å². The van der Waals surface area contributed by atoms with E-state index in [9.17, 15) is 8.42 Å². The largest absolute Gasteiger partial charge is 0.375 e. The maximum atomic E-state index is 11.5. The Hall–Kier alpha value is -0.170. The lowest BCUT2D eigenvalue weighted by Gasteiger charge is -2.40. The molecule has 5 nitrogen and oxygen atoms in total. The number of nitrogens with one attached hydrogen (secondary N) is 1. The zero-order valence-electron chi connectivity index (χ0n) is 12.9. The first-order valence-corrected chi connectivity index (χ1v) is 9.52. The van der Waals surface area contributed by atoms with Gasteiger partial charge < -0.3 is 10.1 Å². The summed E-state index contributed by atoms with van der Waals surface area (Å²) in [5.41, 5.74) is 0.00335. The van der Waals surface area contributed by atoms with Crippen LogP contribution in [-0.4, -0.2) is 56.4 Å². The average Bonchev–Trinajstić information content (AvgIpc) is 2.38. The number of piperidine rings is 1. The van der Waals surface area contributed by atoms with E-state index in [1.54, 1.807) is 4.31 Å².